The van der Waals surface area contributed by atoms with Crippen molar-refractivity contribution in [3.05, 3.63) is 84.3 Å². The Morgan fingerprint density at radius 1 is 0.774 bits per heavy atom. The smallest absolute Gasteiger partial charge is 0.256 e. The second-order valence-corrected chi connectivity index (χ2v) is 7.31. The molecule has 0 fully saturated rings. The van der Waals surface area contributed by atoms with Gasteiger partial charge in [-0.1, -0.05) is 42.5 Å². The fraction of sp³-hybridized carbons (Fsp3) is 0. The number of rotatable bonds is 1. The van der Waals surface area contributed by atoms with Crippen LogP contribution in [-0.4, -0.2) is 16.7 Å². The molecule has 1 aromatic heterocycles. The van der Waals surface area contributed by atoms with Crippen LogP contribution in [0.3, 0.4) is 0 Å². The number of ether oxygens (including phenoxy) is 1. The molecule has 0 atom stereocenters. The number of hydrogen-bond donors (Lipinski definition) is 0. The Morgan fingerprint density at radius 2 is 1.52 bits per heavy atom. The predicted octanol–water partition coefficient (Wildman–Crippen LogP) is 2.63. The molecule has 6 rings (SSSR count). The quantitative estimate of drug-likeness (QED) is 0.397. The van der Waals surface area contributed by atoms with Gasteiger partial charge in [0, 0.05) is 17.4 Å². The number of aromatic nitrogens is 2. The number of anilines is 3. The van der Waals surface area contributed by atoms with Gasteiger partial charge in [-0.2, -0.15) is 10.5 Å². The number of fused-ring (bicyclic) bond motifs is 4. The van der Waals surface area contributed by atoms with E-state index in [0.29, 0.717) is 5.82 Å². The third kappa shape index (κ3) is 2.44. The molecule has 0 spiro atoms. The minimum atomic E-state index is -0.0416. The van der Waals surface area contributed by atoms with Gasteiger partial charge in [0.2, 0.25) is 5.82 Å². The molecular weight excluding hydrogens is 385 g/mol. The summed E-state index contributed by atoms with van der Waals surface area (Å²) in [5, 5.41) is 18.8. The molecule has 3 heterocycles. The maximum atomic E-state index is 9.43. The molecule has 6 nitrogen and oxygen atoms in total. The average molecular weight is 397 g/mol. The Kier molecular flexibility index (Phi) is 3.59. The second-order valence-electron chi connectivity index (χ2n) is 7.31. The lowest BCUT2D eigenvalue weighted by Crippen LogP contribution is -2.59. The molecule has 0 aliphatic carbocycles. The van der Waals surface area contributed by atoms with Crippen LogP contribution in [0.5, 0.6) is 11.5 Å². The topological polar surface area (TPSA) is 85.8 Å². The fourth-order valence-corrected chi connectivity index (χ4v) is 4.48. The van der Waals surface area contributed by atoms with Gasteiger partial charge in [0.25, 0.3) is 6.71 Å². The van der Waals surface area contributed by atoms with Crippen LogP contribution in [0, 0.1) is 22.7 Å². The Bertz CT molecular complexity index is 1440. The van der Waals surface area contributed by atoms with E-state index >= 15 is 0 Å². The summed E-state index contributed by atoms with van der Waals surface area (Å²) in [6.45, 7) is 0.0105. The van der Waals surface area contributed by atoms with E-state index in [1.807, 2.05) is 71.6 Å². The lowest BCUT2D eigenvalue weighted by Gasteiger charge is -2.39. The normalized spacial score (nSPS) is 12.6. The molecule has 3 aromatic carbocycles. The van der Waals surface area contributed by atoms with Gasteiger partial charge in [0.15, 0.2) is 0 Å². The number of para-hydroxylation sites is 2. The van der Waals surface area contributed by atoms with Crippen molar-refractivity contribution in [3.8, 4) is 23.6 Å². The van der Waals surface area contributed by atoms with Crippen LogP contribution in [-0.2, 0) is 0 Å². The van der Waals surface area contributed by atoms with Gasteiger partial charge in [0.1, 0.15) is 35.1 Å². The molecule has 31 heavy (non-hydrogen) atoms. The molecule has 0 saturated carbocycles. The Morgan fingerprint density at radius 3 is 2.35 bits per heavy atom. The zero-order chi connectivity index (χ0) is 20.9. The summed E-state index contributed by atoms with van der Waals surface area (Å²) >= 11 is 0. The average Bonchev–Trinajstić information content (AvgIpc) is 2.83. The first-order chi connectivity index (χ1) is 15.3. The molecule has 7 heteroatoms. The zero-order valence-corrected chi connectivity index (χ0v) is 16.1. The highest BCUT2D eigenvalue weighted by Crippen LogP contribution is 2.39. The van der Waals surface area contributed by atoms with Crippen LogP contribution in [0.2, 0.25) is 0 Å². The van der Waals surface area contributed by atoms with E-state index < -0.39 is 0 Å². The van der Waals surface area contributed by atoms with Crippen molar-refractivity contribution in [3.63, 3.8) is 0 Å². The van der Waals surface area contributed by atoms with Crippen molar-refractivity contribution < 1.29 is 4.74 Å². The van der Waals surface area contributed by atoms with Crippen molar-refractivity contribution in [1.29, 1.82) is 10.5 Å². The molecule has 0 bridgehead atoms. The first-order valence-electron chi connectivity index (χ1n) is 9.76. The SMILES string of the molecule is N#Cc1cc(N2c3ccccc3B3c4ccccc4Oc4cccc2c43)nc(C#N)n1. The van der Waals surface area contributed by atoms with E-state index in [1.54, 1.807) is 6.07 Å². The summed E-state index contributed by atoms with van der Waals surface area (Å²) in [5.41, 5.74) is 5.24. The summed E-state index contributed by atoms with van der Waals surface area (Å²) in [7, 11) is 0. The maximum Gasteiger partial charge on any atom is 0.256 e. The molecule has 0 unspecified atom stereocenters. The van der Waals surface area contributed by atoms with Crippen molar-refractivity contribution >= 4 is 40.3 Å². The van der Waals surface area contributed by atoms with Gasteiger partial charge in [-0.3, -0.25) is 4.90 Å². The Balaban J connectivity index is 1.68. The number of benzene rings is 3. The van der Waals surface area contributed by atoms with E-state index in [-0.39, 0.29) is 18.2 Å². The van der Waals surface area contributed by atoms with E-state index in [2.05, 4.69) is 22.1 Å². The van der Waals surface area contributed by atoms with Gasteiger partial charge < -0.3 is 4.74 Å². The number of nitriles is 2. The van der Waals surface area contributed by atoms with Crippen molar-refractivity contribution in [2.45, 2.75) is 0 Å². The van der Waals surface area contributed by atoms with Crippen LogP contribution < -0.4 is 26.0 Å². The molecular formula is C24H12BN5O. The molecule has 2 aliphatic heterocycles. The second kappa shape index (κ2) is 6.45. The predicted molar refractivity (Wildman–Crippen MR) is 117 cm³/mol. The largest absolute Gasteiger partial charge is 0.458 e. The van der Waals surface area contributed by atoms with Crippen LogP contribution in [0.1, 0.15) is 11.5 Å². The van der Waals surface area contributed by atoms with Crippen LogP contribution >= 0.6 is 0 Å². The summed E-state index contributed by atoms with van der Waals surface area (Å²) in [6.07, 6.45) is 0. The van der Waals surface area contributed by atoms with Crippen LogP contribution in [0.15, 0.2) is 72.8 Å². The number of hydrogen-bond acceptors (Lipinski definition) is 6. The Hall–Kier alpha value is -4.62. The fourth-order valence-electron chi connectivity index (χ4n) is 4.48. The third-order valence-electron chi connectivity index (χ3n) is 5.67. The molecule has 142 valence electrons. The van der Waals surface area contributed by atoms with Crippen LogP contribution in [0.4, 0.5) is 17.2 Å². The maximum absolute atomic E-state index is 9.43. The number of nitrogens with zero attached hydrogens (tertiary/aromatic N) is 5. The lowest BCUT2D eigenvalue weighted by molar-refractivity contribution is 0.487. The Labute approximate surface area is 178 Å². The summed E-state index contributed by atoms with van der Waals surface area (Å²) in [6, 6.07) is 27.7. The minimum absolute atomic E-state index is 0.0105. The van der Waals surface area contributed by atoms with Gasteiger partial charge >= 0.3 is 0 Å². The van der Waals surface area contributed by atoms with Gasteiger partial charge in [-0.25, -0.2) is 9.97 Å². The van der Waals surface area contributed by atoms with Gasteiger partial charge in [0.05, 0.1) is 0 Å². The summed E-state index contributed by atoms with van der Waals surface area (Å²) in [4.78, 5) is 10.4. The molecule has 2 aliphatic rings. The molecule has 0 saturated heterocycles. The van der Waals surface area contributed by atoms with E-state index in [4.69, 9.17) is 4.74 Å². The molecule has 0 N–H and O–H groups in total. The summed E-state index contributed by atoms with van der Waals surface area (Å²) in [5.74, 6) is 2.07. The van der Waals surface area contributed by atoms with E-state index in [0.717, 1.165) is 39.3 Å². The minimum Gasteiger partial charge on any atom is -0.458 e. The first-order valence-corrected chi connectivity index (χ1v) is 9.76. The van der Waals surface area contributed by atoms with E-state index in [1.165, 1.54) is 0 Å². The highest BCUT2D eigenvalue weighted by molar-refractivity contribution is 6.99. The van der Waals surface area contributed by atoms with Crippen molar-refractivity contribution in [2.75, 3.05) is 4.90 Å². The van der Waals surface area contributed by atoms with Gasteiger partial charge in [-0.15, -0.1) is 0 Å². The lowest BCUT2D eigenvalue weighted by atomic mass is 9.34. The van der Waals surface area contributed by atoms with Crippen molar-refractivity contribution in [2.24, 2.45) is 0 Å². The van der Waals surface area contributed by atoms with Gasteiger partial charge in [-0.05, 0) is 40.7 Å². The molecule has 0 radical (unpaired) electrons. The highest BCUT2D eigenvalue weighted by Gasteiger charge is 2.41. The standard InChI is InChI=1S/C24H12BN5O/c26-13-15-12-23(29-22(14-27)28-15)30-18-8-3-1-6-16(18)25-17-7-2-4-10-20(17)31-21-11-5-9-19(30)24(21)25/h1-12H. The summed E-state index contributed by atoms with van der Waals surface area (Å²) < 4.78 is 6.25. The molecule has 0 amide bonds. The third-order valence-corrected chi connectivity index (χ3v) is 5.67. The molecule has 4 aromatic rings. The monoisotopic (exact) mass is 397 g/mol. The zero-order valence-electron chi connectivity index (χ0n) is 16.1. The first kappa shape index (κ1) is 17.3. The van der Waals surface area contributed by atoms with Crippen molar-refractivity contribution in [1.82, 2.24) is 9.97 Å². The van der Waals surface area contributed by atoms with E-state index in [9.17, 15) is 10.5 Å². The van der Waals surface area contributed by atoms with Crippen LogP contribution in [0.25, 0.3) is 0 Å². The highest BCUT2D eigenvalue weighted by atomic mass is 16.5.